The second kappa shape index (κ2) is 9.68. The third kappa shape index (κ3) is 4.90. The lowest BCUT2D eigenvalue weighted by atomic mass is 10.1. The van der Waals surface area contributed by atoms with Crippen molar-refractivity contribution in [2.24, 2.45) is 0 Å². The van der Waals surface area contributed by atoms with Crippen LogP contribution in [0, 0.1) is 5.41 Å². The average Bonchev–Trinajstić information content (AvgIpc) is 3.27. The van der Waals surface area contributed by atoms with E-state index in [0.717, 1.165) is 29.1 Å². The Kier molecular flexibility index (Phi) is 6.78. The number of aromatic nitrogens is 4. The molecule has 4 N–H and O–H groups in total. The first kappa shape index (κ1) is 20.3. The van der Waals surface area contributed by atoms with Crippen LogP contribution >= 0.6 is 0 Å². The van der Waals surface area contributed by atoms with E-state index in [1.807, 2.05) is 31.2 Å². The summed E-state index contributed by atoms with van der Waals surface area (Å²) in [5.41, 5.74) is 4.67. The molecule has 0 radical (unpaired) electrons. The van der Waals surface area contributed by atoms with Crippen LogP contribution in [0.15, 0.2) is 36.7 Å². The van der Waals surface area contributed by atoms with Gasteiger partial charge in [-0.1, -0.05) is 6.92 Å². The van der Waals surface area contributed by atoms with Gasteiger partial charge in [-0.2, -0.15) is 5.10 Å². The molecular formula is C21H27N7O. The summed E-state index contributed by atoms with van der Waals surface area (Å²) in [4.78, 5) is 9.04. The Labute approximate surface area is 170 Å². The third-order valence-electron chi connectivity index (χ3n) is 4.54. The largest absolute Gasteiger partial charge is 0.477 e. The first-order valence-corrected chi connectivity index (χ1v) is 9.78. The SMILES string of the molecule is CCOc1ncccc1-c1cc(NCc2ccn[nH]2)c(NC(C)CC)c(C=N)n1. The monoisotopic (exact) mass is 393 g/mol. The number of H-pyrrole nitrogens is 1. The van der Waals surface area contributed by atoms with Crippen LogP contribution in [0.5, 0.6) is 5.88 Å². The molecule has 8 heteroatoms. The Hall–Kier alpha value is -3.42. The molecule has 0 bridgehead atoms. The van der Waals surface area contributed by atoms with Crippen LogP contribution in [0.1, 0.15) is 38.6 Å². The number of anilines is 2. The van der Waals surface area contributed by atoms with E-state index in [-0.39, 0.29) is 6.04 Å². The van der Waals surface area contributed by atoms with Crippen LogP contribution in [0.3, 0.4) is 0 Å². The Morgan fingerprint density at radius 1 is 1.28 bits per heavy atom. The highest BCUT2D eigenvalue weighted by Gasteiger charge is 2.17. The molecule has 0 saturated carbocycles. The van der Waals surface area contributed by atoms with Crippen LogP contribution in [0.4, 0.5) is 11.4 Å². The molecule has 0 aliphatic rings. The molecule has 3 aromatic rings. The summed E-state index contributed by atoms with van der Waals surface area (Å²) in [6, 6.07) is 7.91. The van der Waals surface area contributed by atoms with Crippen molar-refractivity contribution in [1.82, 2.24) is 20.2 Å². The maximum atomic E-state index is 7.93. The number of ether oxygens (including phenoxy) is 1. The smallest absolute Gasteiger partial charge is 0.222 e. The average molecular weight is 393 g/mol. The van der Waals surface area contributed by atoms with Crippen molar-refractivity contribution in [3.8, 4) is 17.1 Å². The number of aromatic amines is 1. The fourth-order valence-corrected chi connectivity index (χ4v) is 2.86. The number of hydrogen-bond donors (Lipinski definition) is 4. The summed E-state index contributed by atoms with van der Waals surface area (Å²) in [6.07, 6.45) is 5.64. The molecule has 29 heavy (non-hydrogen) atoms. The quantitative estimate of drug-likeness (QED) is 0.386. The Bertz CT molecular complexity index is 940. The first-order valence-electron chi connectivity index (χ1n) is 9.78. The van der Waals surface area contributed by atoms with Crippen LogP contribution in [0.25, 0.3) is 11.3 Å². The van der Waals surface area contributed by atoms with E-state index in [4.69, 9.17) is 15.1 Å². The van der Waals surface area contributed by atoms with Crippen molar-refractivity contribution in [1.29, 1.82) is 5.41 Å². The molecule has 3 heterocycles. The zero-order valence-corrected chi connectivity index (χ0v) is 17.0. The molecule has 1 unspecified atom stereocenters. The van der Waals surface area contributed by atoms with E-state index >= 15 is 0 Å². The van der Waals surface area contributed by atoms with E-state index < -0.39 is 0 Å². The van der Waals surface area contributed by atoms with Crippen LogP contribution < -0.4 is 15.4 Å². The van der Waals surface area contributed by atoms with Gasteiger partial charge >= 0.3 is 0 Å². The minimum Gasteiger partial charge on any atom is -0.477 e. The van der Waals surface area contributed by atoms with Gasteiger partial charge in [0.1, 0.15) is 5.69 Å². The predicted octanol–water partition coefficient (Wildman–Crippen LogP) is 4.09. The molecule has 3 aromatic heterocycles. The maximum absolute atomic E-state index is 7.93. The van der Waals surface area contributed by atoms with Gasteiger partial charge in [-0.3, -0.25) is 5.10 Å². The van der Waals surface area contributed by atoms with Gasteiger partial charge in [-0.05, 0) is 44.5 Å². The molecule has 0 aliphatic heterocycles. The normalized spacial score (nSPS) is 11.7. The Morgan fingerprint density at radius 2 is 2.14 bits per heavy atom. The van der Waals surface area contributed by atoms with E-state index in [9.17, 15) is 0 Å². The molecule has 0 aromatic carbocycles. The minimum absolute atomic E-state index is 0.242. The predicted molar refractivity (Wildman–Crippen MR) is 116 cm³/mol. The van der Waals surface area contributed by atoms with Crippen LogP contribution in [-0.2, 0) is 6.54 Å². The molecular weight excluding hydrogens is 366 g/mol. The minimum atomic E-state index is 0.242. The molecule has 0 amide bonds. The van der Waals surface area contributed by atoms with Gasteiger partial charge < -0.3 is 20.8 Å². The third-order valence-corrected chi connectivity index (χ3v) is 4.54. The highest BCUT2D eigenvalue weighted by molar-refractivity contribution is 5.91. The molecule has 152 valence electrons. The second-order valence-electron chi connectivity index (χ2n) is 6.64. The van der Waals surface area contributed by atoms with Crippen molar-refractivity contribution < 1.29 is 4.74 Å². The summed E-state index contributed by atoms with van der Waals surface area (Å²) >= 11 is 0. The summed E-state index contributed by atoms with van der Waals surface area (Å²) in [6.45, 7) is 7.23. The topological polar surface area (TPSA) is 112 Å². The highest BCUT2D eigenvalue weighted by atomic mass is 16.5. The van der Waals surface area contributed by atoms with Crippen molar-refractivity contribution in [2.45, 2.75) is 39.8 Å². The molecule has 0 aliphatic carbocycles. The van der Waals surface area contributed by atoms with E-state index in [1.165, 1.54) is 6.21 Å². The van der Waals surface area contributed by atoms with Gasteiger partial charge in [-0.15, -0.1) is 0 Å². The van der Waals surface area contributed by atoms with Crippen LogP contribution in [-0.4, -0.2) is 39.0 Å². The lowest BCUT2D eigenvalue weighted by Gasteiger charge is -2.21. The molecule has 8 nitrogen and oxygen atoms in total. The highest BCUT2D eigenvalue weighted by Crippen LogP contribution is 2.34. The lowest BCUT2D eigenvalue weighted by Crippen LogP contribution is -2.17. The van der Waals surface area contributed by atoms with Crippen molar-refractivity contribution in [2.75, 3.05) is 17.2 Å². The maximum Gasteiger partial charge on any atom is 0.222 e. The Morgan fingerprint density at radius 3 is 2.83 bits per heavy atom. The number of nitrogens with one attached hydrogen (secondary N) is 4. The number of nitrogens with zero attached hydrogens (tertiary/aromatic N) is 3. The van der Waals surface area contributed by atoms with Crippen molar-refractivity contribution in [3.05, 3.63) is 48.0 Å². The van der Waals surface area contributed by atoms with Crippen molar-refractivity contribution >= 4 is 17.6 Å². The van der Waals surface area contributed by atoms with Gasteiger partial charge in [-0.25, -0.2) is 9.97 Å². The van der Waals surface area contributed by atoms with E-state index in [0.29, 0.717) is 30.4 Å². The van der Waals surface area contributed by atoms with Gasteiger partial charge in [0.25, 0.3) is 0 Å². The zero-order valence-electron chi connectivity index (χ0n) is 17.0. The summed E-state index contributed by atoms with van der Waals surface area (Å²) in [5, 5.41) is 21.8. The van der Waals surface area contributed by atoms with Gasteiger partial charge in [0.15, 0.2) is 0 Å². The number of rotatable bonds is 10. The summed E-state index contributed by atoms with van der Waals surface area (Å²) in [5.74, 6) is 0.528. The van der Waals surface area contributed by atoms with Gasteiger partial charge in [0.2, 0.25) is 5.88 Å². The van der Waals surface area contributed by atoms with E-state index in [1.54, 1.807) is 12.4 Å². The molecule has 0 spiro atoms. The summed E-state index contributed by atoms with van der Waals surface area (Å²) < 4.78 is 5.68. The van der Waals surface area contributed by atoms with E-state index in [2.05, 4.69) is 39.7 Å². The standard InChI is InChI=1S/C21H27N7O/c1-4-14(3)26-20-18(24-13-15-8-10-25-28-15)11-17(27-19(20)12-22)16-7-6-9-23-21(16)29-5-2/h6-12,14,22,26H,4-5,13H2,1-3H3,(H,24,27)(H,25,28). The molecule has 1 atom stereocenters. The molecule has 3 rings (SSSR count). The first-order chi connectivity index (χ1) is 14.2. The lowest BCUT2D eigenvalue weighted by molar-refractivity contribution is 0.328. The zero-order chi connectivity index (χ0) is 20.6. The second-order valence-corrected chi connectivity index (χ2v) is 6.64. The number of pyridine rings is 2. The van der Waals surface area contributed by atoms with Gasteiger partial charge in [0.05, 0.1) is 41.5 Å². The molecule has 0 fully saturated rings. The summed E-state index contributed by atoms with van der Waals surface area (Å²) in [7, 11) is 0. The fourth-order valence-electron chi connectivity index (χ4n) is 2.86. The number of hydrogen-bond acceptors (Lipinski definition) is 7. The Balaban J connectivity index is 2.06. The molecule has 0 saturated heterocycles. The van der Waals surface area contributed by atoms with Gasteiger partial charge in [0, 0.05) is 24.7 Å². The van der Waals surface area contributed by atoms with Crippen molar-refractivity contribution in [3.63, 3.8) is 0 Å². The van der Waals surface area contributed by atoms with Crippen LogP contribution in [0.2, 0.25) is 0 Å². The fraction of sp³-hybridized carbons (Fsp3) is 0.333.